The van der Waals surface area contributed by atoms with E-state index in [9.17, 15) is 0 Å². The van der Waals surface area contributed by atoms with Gasteiger partial charge in [-0.3, -0.25) is 0 Å². The fraction of sp³-hybridized carbons (Fsp3) is 0.200. The van der Waals surface area contributed by atoms with Crippen molar-refractivity contribution in [3.8, 4) is 5.75 Å². The predicted molar refractivity (Wildman–Crippen MR) is 48.3 cm³/mol. The SMILES string of the molecule is Cn1ccc2cc3c(cc21)COO3. The number of aryl methyl sites for hydroxylation is 1. The Kier molecular flexibility index (Phi) is 1.21. The van der Waals surface area contributed by atoms with Crippen LogP contribution in [0.5, 0.6) is 5.75 Å². The molecule has 0 spiro atoms. The molecule has 2 heterocycles. The molecule has 13 heavy (non-hydrogen) atoms. The summed E-state index contributed by atoms with van der Waals surface area (Å²) < 4.78 is 2.09. The summed E-state index contributed by atoms with van der Waals surface area (Å²) in [4.78, 5) is 9.89. The summed E-state index contributed by atoms with van der Waals surface area (Å²) in [6, 6.07) is 6.19. The van der Waals surface area contributed by atoms with E-state index in [0.717, 1.165) is 11.3 Å². The molecule has 3 heteroatoms. The lowest BCUT2D eigenvalue weighted by Crippen LogP contribution is -1.85. The Bertz CT molecular complexity index is 473. The maximum atomic E-state index is 5.01. The highest BCUT2D eigenvalue weighted by atomic mass is 17.2. The molecule has 0 saturated carbocycles. The molecule has 0 radical (unpaired) electrons. The van der Waals surface area contributed by atoms with Gasteiger partial charge in [0, 0.05) is 29.7 Å². The van der Waals surface area contributed by atoms with Crippen LogP contribution >= 0.6 is 0 Å². The van der Waals surface area contributed by atoms with Gasteiger partial charge in [-0.1, -0.05) is 0 Å². The lowest BCUT2D eigenvalue weighted by Gasteiger charge is -1.98. The van der Waals surface area contributed by atoms with Crippen LogP contribution in [-0.4, -0.2) is 4.57 Å². The van der Waals surface area contributed by atoms with Crippen LogP contribution in [0.25, 0.3) is 10.9 Å². The van der Waals surface area contributed by atoms with Crippen molar-refractivity contribution in [3.63, 3.8) is 0 Å². The van der Waals surface area contributed by atoms with Gasteiger partial charge in [0.1, 0.15) is 6.61 Å². The highest BCUT2D eigenvalue weighted by Crippen LogP contribution is 2.30. The molecule has 2 aromatic rings. The molecule has 0 aliphatic carbocycles. The van der Waals surface area contributed by atoms with Gasteiger partial charge in [-0.2, -0.15) is 4.89 Å². The van der Waals surface area contributed by atoms with E-state index in [1.54, 1.807) is 0 Å². The molecule has 1 aromatic heterocycles. The number of nitrogens with zero attached hydrogens (tertiary/aromatic N) is 1. The van der Waals surface area contributed by atoms with Crippen molar-refractivity contribution < 1.29 is 9.78 Å². The number of rotatable bonds is 0. The Morgan fingerprint density at radius 3 is 3.23 bits per heavy atom. The van der Waals surface area contributed by atoms with Crippen molar-refractivity contribution >= 4 is 10.9 Å². The van der Waals surface area contributed by atoms with Gasteiger partial charge >= 0.3 is 0 Å². The van der Waals surface area contributed by atoms with Crippen molar-refractivity contribution in [1.82, 2.24) is 4.57 Å². The fourth-order valence-electron chi connectivity index (χ4n) is 1.69. The van der Waals surface area contributed by atoms with Crippen molar-refractivity contribution in [3.05, 3.63) is 30.0 Å². The number of aromatic nitrogens is 1. The van der Waals surface area contributed by atoms with E-state index in [0.29, 0.717) is 6.61 Å². The predicted octanol–water partition coefficient (Wildman–Crippen LogP) is 2.00. The molecule has 1 aliphatic rings. The molecular weight excluding hydrogens is 166 g/mol. The van der Waals surface area contributed by atoms with Crippen molar-refractivity contribution in [2.24, 2.45) is 7.05 Å². The lowest BCUT2D eigenvalue weighted by atomic mass is 10.1. The molecule has 0 amide bonds. The minimum atomic E-state index is 0.552. The summed E-state index contributed by atoms with van der Waals surface area (Å²) >= 11 is 0. The van der Waals surface area contributed by atoms with Crippen molar-refractivity contribution in [1.29, 1.82) is 0 Å². The molecule has 3 rings (SSSR count). The molecule has 0 saturated heterocycles. The van der Waals surface area contributed by atoms with Crippen LogP contribution in [0.3, 0.4) is 0 Å². The zero-order valence-corrected chi connectivity index (χ0v) is 7.28. The average molecular weight is 175 g/mol. The first-order valence-corrected chi connectivity index (χ1v) is 4.22. The smallest absolute Gasteiger partial charge is 0.171 e. The van der Waals surface area contributed by atoms with Crippen LogP contribution in [0.2, 0.25) is 0 Å². The van der Waals surface area contributed by atoms with Crippen molar-refractivity contribution in [2.75, 3.05) is 0 Å². The third kappa shape index (κ3) is 0.876. The fourth-order valence-corrected chi connectivity index (χ4v) is 1.69. The van der Waals surface area contributed by atoms with Gasteiger partial charge < -0.3 is 9.45 Å². The second kappa shape index (κ2) is 2.26. The number of fused-ring (bicyclic) bond motifs is 2. The summed E-state index contributed by atoms with van der Waals surface area (Å²) in [6.07, 6.45) is 2.04. The zero-order valence-electron chi connectivity index (χ0n) is 7.28. The van der Waals surface area contributed by atoms with Crippen LogP contribution in [0.15, 0.2) is 24.4 Å². The standard InChI is InChI=1S/C10H9NO2/c1-11-3-2-7-5-10-8(4-9(7)11)6-12-13-10/h2-5H,6H2,1H3. The Labute approximate surface area is 75.4 Å². The van der Waals surface area contributed by atoms with Gasteiger partial charge in [0.15, 0.2) is 5.75 Å². The summed E-state index contributed by atoms with van der Waals surface area (Å²) in [6.45, 7) is 0.552. The molecular formula is C10H9NO2. The second-order valence-electron chi connectivity index (χ2n) is 3.29. The summed E-state index contributed by atoms with van der Waals surface area (Å²) in [5.41, 5.74) is 2.34. The molecule has 66 valence electrons. The van der Waals surface area contributed by atoms with Crippen LogP contribution < -0.4 is 4.89 Å². The van der Waals surface area contributed by atoms with Crippen LogP contribution in [0, 0.1) is 0 Å². The molecule has 0 unspecified atom stereocenters. The van der Waals surface area contributed by atoms with Crippen LogP contribution in [-0.2, 0) is 18.5 Å². The minimum absolute atomic E-state index is 0.552. The first kappa shape index (κ1) is 6.97. The first-order valence-electron chi connectivity index (χ1n) is 4.22. The molecule has 0 N–H and O–H groups in total. The summed E-state index contributed by atoms with van der Waals surface area (Å²) in [5.74, 6) is 0.846. The molecule has 0 bridgehead atoms. The average Bonchev–Trinajstić information content (AvgIpc) is 2.70. The third-order valence-electron chi connectivity index (χ3n) is 2.43. The summed E-state index contributed by atoms with van der Waals surface area (Å²) in [5, 5.41) is 1.19. The van der Waals surface area contributed by atoms with E-state index in [1.165, 1.54) is 10.9 Å². The van der Waals surface area contributed by atoms with Gasteiger partial charge in [0.05, 0.1) is 0 Å². The zero-order chi connectivity index (χ0) is 8.84. The van der Waals surface area contributed by atoms with E-state index in [-0.39, 0.29) is 0 Å². The van der Waals surface area contributed by atoms with E-state index in [2.05, 4.69) is 16.7 Å². The van der Waals surface area contributed by atoms with E-state index in [1.807, 2.05) is 19.3 Å². The normalized spacial score (nSPS) is 14.5. The Balaban J connectivity index is 2.38. The number of benzene rings is 1. The Morgan fingerprint density at radius 1 is 1.38 bits per heavy atom. The molecule has 1 aliphatic heterocycles. The van der Waals surface area contributed by atoms with E-state index < -0.39 is 0 Å². The van der Waals surface area contributed by atoms with Gasteiger partial charge in [-0.25, -0.2) is 0 Å². The quantitative estimate of drug-likeness (QED) is 0.572. The third-order valence-corrected chi connectivity index (χ3v) is 2.43. The maximum Gasteiger partial charge on any atom is 0.171 e. The van der Waals surface area contributed by atoms with Gasteiger partial charge in [0.2, 0.25) is 0 Å². The largest absolute Gasteiger partial charge is 0.351 e. The Hall–Kier alpha value is -1.48. The van der Waals surface area contributed by atoms with Crippen LogP contribution in [0.1, 0.15) is 5.56 Å². The number of hydrogen-bond donors (Lipinski definition) is 0. The highest BCUT2D eigenvalue weighted by molar-refractivity contribution is 5.83. The molecule has 0 fully saturated rings. The Morgan fingerprint density at radius 2 is 2.31 bits per heavy atom. The van der Waals surface area contributed by atoms with Crippen LogP contribution in [0.4, 0.5) is 0 Å². The van der Waals surface area contributed by atoms with Gasteiger partial charge in [0.25, 0.3) is 0 Å². The molecule has 1 aromatic carbocycles. The molecule has 3 nitrogen and oxygen atoms in total. The number of hydrogen-bond acceptors (Lipinski definition) is 2. The second-order valence-corrected chi connectivity index (χ2v) is 3.29. The lowest BCUT2D eigenvalue weighted by molar-refractivity contribution is -0.194. The van der Waals surface area contributed by atoms with Gasteiger partial charge in [-0.15, -0.1) is 0 Å². The first-order chi connectivity index (χ1) is 6.34. The monoisotopic (exact) mass is 175 g/mol. The van der Waals surface area contributed by atoms with E-state index in [4.69, 9.17) is 9.78 Å². The minimum Gasteiger partial charge on any atom is -0.351 e. The highest BCUT2D eigenvalue weighted by Gasteiger charge is 2.15. The molecule has 0 atom stereocenters. The summed E-state index contributed by atoms with van der Waals surface area (Å²) in [7, 11) is 2.03. The van der Waals surface area contributed by atoms with Crippen molar-refractivity contribution in [2.45, 2.75) is 6.61 Å². The topological polar surface area (TPSA) is 23.4 Å². The van der Waals surface area contributed by atoms with E-state index >= 15 is 0 Å². The maximum absolute atomic E-state index is 5.01. The van der Waals surface area contributed by atoms with Gasteiger partial charge in [-0.05, 0) is 18.2 Å².